The van der Waals surface area contributed by atoms with Crippen molar-refractivity contribution in [3.63, 3.8) is 0 Å². The van der Waals surface area contributed by atoms with Crippen LogP contribution in [0, 0.1) is 0 Å². The van der Waals surface area contributed by atoms with E-state index in [-0.39, 0.29) is 5.91 Å². The smallest absolute Gasteiger partial charge is 0.271 e. The van der Waals surface area contributed by atoms with Crippen LogP contribution in [0.4, 0.5) is 0 Å². The zero-order valence-electron chi connectivity index (χ0n) is 12.3. The first-order valence-electron chi connectivity index (χ1n) is 6.42. The number of nitrogens with one attached hydrogen (secondary N) is 1. The topological polar surface area (TPSA) is 72.8 Å². The van der Waals surface area contributed by atoms with Crippen LogP contribution in [0.5, 0.6) is 11.5 Å². The summed E-state index contributed by atoms with van der Waals surface area (Å²) >= 11 is 6.84. The highest BCUT2D eigenvalue weighted by molar-refractivity contribution is 9.11. The van der Waals surface area contributed by atoms with Crippen molar-refractivity contribution in [1.29, 1.82) is 0 Å². The molecule has 0 unspecified atom stereocenters. The molecule has 8 heteroatoms. The summed E-state index contributed by atoms with van der Waals surface area (Å²) in [6.07, 6.45) is 4.57. The average Bonchev–Trinajstić information content (AvgIpc) is 2.56. The van der Waals surface area contributed by atoms with Gasteiger partial charge >= 0.3 is 0 Å². The number of hydrogen-bond donors (Lipinski definition) is 1. The van der Waals surface area contributed by atoms with Crippen LogP contribution < -0.4 is 14.9 Å². The van der Waals surface area contributed by atoms with E-state index in [1.807, 2.05) is 0 Å². The Hall–Kier alpha value is -1.93. The van der Waals surface area contributed by atoms with Crippen LogP contribution >= 0.6 is 31.9 Å². The number of carbonyl (C=O) groups excluding carboxylic acids is 1. The third-order valence-corrected chi connectivity index (χ3v) is 4.19. The van der Waals surface area contributed by atoms with Gasteiger partial charge in [-0.2, -0.15) is 5.10 Å². The highest BCUT2D eigenvalue weighted by Gasteiger charge is 2.15. The third kappa shape index (κ3) is 4.08. The number of halogens is 2. The van der Waals surface area contributed by atoms with Crippen molar-refractivity contribution < 1.29 is 14.3 Å². The van der Waals surface area contributed by atoms with Gasteiger partial charge in [-0.3, -0.25) is 9.78 Å². The van der Waals surface area contributed by atoms with Crippen LogP contribution in [0.1, 0.15) is 15.9 Å². The molecule has 0 aliphatic carbocycles. The van der Waals surface area contributed by atoms with Crippen molar-refractivity contribution in [2.75, 3.05) is 14.2 Å². The summed E-state index contributed by atoms with van der Waals surface area (Å²) in [6, 6.07) is 4.99. The number of nitrogens with zero attached hydrogens (tertiary/aromatic N) is 2. The second-order valence-electron chi connectivity index (χ2n) is 4.26. The van der Waals surface area contributed by atoms with Gasteiger partial charge in [-0.25, -0.2) is 5.43 Å². The molecule has 0 spiro atoms. The first-order valence-corrected chi connectivity index (χ1v) is 8.00. The Bertz CT molecular complexity index is 736. The van der Waals surface area contributed by atoms with Crippen molar-refractivity contribution in [2.24, 2.45) is 5.10 Å². The van der Waals surface area contributed by atoms with E-state index in [2.05, 4.69) is 47.4 Å². The van der Waals surface area contributed by atoms with E-state index in [1.165, 1.54) is 6.21 Å². The number of benzene rings is 1. The maximum absolute atomic E-state index is 11.9. The molecule has 0 fully saturated rings. The number of carbonyl (C=O) groups is 1. The summed E-state index contributed by atoms with van der Waals surface area (Å²) in [4.78, 5) is 15.8. The molecule has 0 saturated carbocycles. The van der Waals surface area contributed by atoms with Gasteiger partial charge < -0.3 is 9.47 Å². The Morgan fingerprint density at radius 2 is 1.87 bits per heavy atom. The van der Waals surface area contributed by atoms with E-state index in [0.29, 0.717) is 27.1 Å². The van der Waals surface area contributed by atoms with E-state index >= 15 is 0 Å². The Morgan fingerprint density at radius 1 is 1.22 bits per heavy atom. The molecule has 1 N–H and O–H groups in total. The molecule has 1 aromatic carbocycles. The van der Waals surface area contributed by atoms with Crippen LogP contribution in [-0.4, -0.2) is 31.3 Å². The normalized spacial score (nSPS) is 10.6. The van der Waals surface area contributed by atoms with Crippen LogP contribution in [0.25, 0.3) is 0 Å². The van der Waals surface area contributed by atoms with Crippen LogP contribution in [0.3, 0.4) is 0 Å². The molecule has 6 nitrogen and oxygen atoms in total. The van der Waals surface area contributed by atoms with Gasteiger partial charge in [-0.1, -0.05) is 0 Å². The molecule has 1 amide bonds. The molecule has 2 rings (SSSR count). The van der Waals surface area contributed by atoms with Gasteiger partial charge in [-0.15, -0.1) is 0 Å². The van der Waals surface area contributed by atoms with Gasteiger partial charge in [0.05, 0.1) is 24.9 Å². The number of methoxy groups -OCH3 is 2. The monoisotopic (exact) mass is 441 g/mol. The molecular formula is C15H13Br2N3O3. The fraction of sp³-hybridized carbons (Fsp3) is 0.133. The number of amides is 1. The standard InChI is InChI=1S/C15H13Br2N3O3/c1-22-13-10(7-11(16)14(23-2)12(13)17)8-19-20-15(21)9-3-5-18-6-4-9/h3-8H,1-2H3,(H,20,21)/b19-8-. The predicted molar refractivity (Wildman–Crippen MR) is 94.2 cm³/mol. The molecule has 120 valence electrons. The van der Waals surface area contributed by atoms with Crippen LogP contribution in [-0.2, 0) is 0 Å². The molecule has 0 bridgehead atoms. The Labute approximate surface area is 150 Å². The number of hydrogen-bond acceptors (Lipinski definition) is 5. The summed E-state index contributed by atoms with van der Waals surface area (Å²) in [7, 11) is 3.10. The van der Waals surface area contributed by atoms with Crippen molar-refractivity contribution in [1.82, 2.24) is 10.4 Å². The number of pyridine rings is 1. The zero-order chi connectivity index (χ0) is 16.8. The highest BCUT2D eigenvalue weighted by Crippen LogP contribution is 2.41. The quantitative estimate of drug-likeness (QED) is 0.569. The minimum Gasteiger partial charge on any atom is -0.495 e. The zero-order valence-corrected chi connectivity index (χ0v) is 15.5. The first-order chi connectivity index (χ1) is 11.1. The van der Waals surface area contributed by atoms with Gasteiger partial charge in [-0.05, 0) is 50.1 Å². The van der Waals surface area contributed by atoms with Crippen molar-refractivity contribution in [2.45, 2.75) is 0 Å². The molecule has 0 radical (unpaired) electrons. The lowest BCUT2D eigenvalue weighted by Gasteiger charge is -2.12. The maximum atomic E-state index is 11.9. The second kappa shape index (κ2) is 8.07. The molecule has 1 heterocycles. The largest absolute Gasteiger partial charge is 0.495 e. The fourth-order valence-electron chi connectivity index (χ4n) is 1.82. The van der Waals surface area contributed by atoms with E-state index in [1.54, 1.807) is 44.8 Å². The summed E-state index contributed by atoms with van der Waals surface area (Å²) < 4.78 is 12.0. The van der Waals surface area contributed by atoms with E-state index in [9.17, 15) is 4.79 Å². The average molecular weight is 443 g/mol. The molecule has 1 aromatic heterocycles. The summed E-state index contributed by atoms with van der Waals surface area (Å²) in [5.41, 5.74) is 3.59. The minimum atomic E-state index is -0.325. The lowest BCUT2D eigenvalue weighted by atomic mass is 10.2. The van der Waals surface area contributed by atoms with Crippen molar-refractivity contribution >= 4 is 44.0 Å². The van der Waals surface area contributed by atoms with Gasteiger partial charge in [0.25, 0.3) is 5.91 Å². The van der Waals surface area contributed by atoms with Gasteiger partial charge in [0.2, 0.25) is 0 Å². The number of rotatable bonds is 5. The fourth-order valence-corrected chi connectivity index (χ4v) is 3.46. The summed E-state index contributed by atoms with van der Waals surface area (Å²) in [5, 5.41) is 3.96. The number of ether oxygens (including phenoxy) is 2. The number of aromatic nitrogens is 1. The lowest BCUT2D eigenvalue weighted by Crippen LogP contribution is -2.17. The van der Waals surface area contributed by atoms with Gasteiger partial charge in [0.15, 0.2) is 5.75 Å². The molecule has 2 aromatic rings. The molecule has 0 aliphatic heterocycles. The molecule has 0 atom stereocenters. The summed E-state index contributed by atoms with van der Waals surface area (Å²) in [6.45, 7) is 0. The maximum Gasteiger partial charge on any atom is 0.271 e. The second-order valence-corrected chi connectivity index (χ2v) is 5.91. The molecule has 0 saturated heterocycles. The number of hydrazone groups is 1. The van der Waals surface area contributed by atoms with E-state index < -0.39 is 0 Å². The first kappa shape index (κ1) is 17.4. The van der Waals surface area contributed by atoms with Crippen molar-refractivity contribution in [3.8, 4) is 11.5 Å². The highest BCUT2D eigenvalue weighted by atomic mass is 79.9. The predicted octanol–water partition coefficient (Wildman–Crippen LogP) is 3.39. The van der Waals surface area contributed by atoms with E-state index in [4.69, 9.17) is 9.47 Å². The minimum absolute atomic E-state index is 0.325. The van der Waals surface area contributed by atoms with E-state index in [0.717, 1.165) is 4.47 Å². The molecular weight excluding hydrogens is 430 g/mol. The molecule has 0 aliphatic rings. The molecule has 23 heavy (non-hydrogen) atoms. The van der Waals surface area contributed by atoms with Crippen LogP contribution in [0.15, 0.2) is 44.6 Å². The third-order valence-electron chi connectivity index (χ3n) is 2.88. The Morgan fingerprint density at radius 3 is 2.48 bits per heavy atom. The van der Waals surface area contributed by atoms with Gasteiger partial charge in [0.1, 0.15) is 10.2 Å². The van der Waals surface area contributed by atoms with Crippen LogP contribution in [0.2, 0.25) is 0 Å². The Balaban J connectivity index is 2.21. The lowest BCUT2D eigenvalue weighted by molar-refractivity contribution is 0.0955. The van der Waals surface area contributed by atoms with Crippen molar-refractivity contribution in [3.05, 3.63) is 50.7 Å². The summed E-state index contributed by atoms with van der Waals surface area (Å²) in [5.74, 6) is 0.834. The van der Waals surface area contributed by atoms with Gasteiger partial charge in [0, 0.05) is 23.5 Å². The Kier molecular flexibility index (Phi) is 6.12. The SMILES string of the molecule is COc1c(Br)cc(/C=N\NC(=O)c2ccncc2)c(OC)c1Br.